The number of piperidine rings is 1. The highest BCUT2D eigenvalue weighted by Gasteiger charge is 2.22. The van der Waals surface area contributed by atoms with Gasteiger partial charge in [-0.2, -0.15) is 0 Å². The number of methoxy groups -OCH3 is 2. The summed E-state index contributed by atoms with van der Waals surface area (Å²) in [6.07, 6.45) is 5.72. The van der Waals surface area contributed by atoms with Gasteiger partial charge >= 0.3 is 0 Å². The smallest absolute Gasteiger partial charge is 0.179 e. The van der Waals surface area contributed by atoms with Crippen molar-refractivity contribution in [1.29, 1.82) is 0 Å². The summed E-state index contributed by atoms with van der Waals surface area (Å²) in [5.41, 5.74) is 1.05. The Kier molecular flexibility index (Phi) is 6.00. The van der Waals surface area contributed by atoms with Gasteiger partial charge in [-0.15, -0.1) is 0 Å². The number of ether oxygens (including phenoxy) is 3. The number of nitrogens with zero attached hydrogens (tertiary/aromatic N) is 2. The lowest BCUT2D eigenvalue weighted by Crippen LogP contribution is -2.37. The molecule has 0 atom stereocenters. The van der Waals surface area contributed by atoms with Gasteiger partial charge in [0.05, 0.1) is 25.4 Å². The fraction of sp³-hybridized carbons (Fsp3) is 0.421. The Balaban J connectivity index is 1.57. The first kappa shape index (κ1) is 17.8. The van der Waals surface area contributed by atoms with E-state index in [1.54, 1.807) is 26.6 Å². The summed E-state index contributed by atoms with van der Waals surface area (Å²) >= 11 is 6.48. The van der Waals surface area contributed by atoms with E-state index in [1.807, 2.05) is 24.3 Å². The van der Waals surface area contributed by atoms with Gasteiger partial charge in [-0.05, 0) is 36.6 Å². The summed E-state index contributed by atoms with van der Waals surface area (Å²) in [5.74, 6) is 2.08. The van der Waals surface area contributed by atoms with Crippen LogP contribution in [0.4, 0.5) is 0 Å². The molecule has 0 amide bonds. The summed E-state index contributed by atoms with van der Waals surface area (Å²) in [7, 11) is 3.22. The minimum Gasteiger partial charge on any atom is -0.493 e. The normalized spacial score (nSPS) is 15.8. The first-order chi connectivity index (χ1) is 12.2. The Labute approximate surface area is 153 Å². The van der Waals surface area contributed by atoms with Crippen LogP contribution in [0.15, 0.2) is 36.7 Å². The average Bonchev–Trinajstić information content (AvgIpc) is 2.65. The van der Waals surface area contributed by atoms with Crippen molar-refractivity contribution in [3.05, 3.63) is 47.2 Å². The van der Waals surface area contributed by atoms with E-state index in [1.165, 1.54) is 0 Å². The number of hydrogen-bond acceptors (Lipinski definition) is 5. The van der Waals surface area contributed by atoms with Gasteiger partial charge in [-0.3, -0.25) is 9.88 Å². The Hall–Kier alpha value is -1.98. The number of aromatic nitrogens is 1. The van der Waals surface area contributed by atoms with Crippen LogP contribution in [0.1, 0.15) is 18.4 Å². The molecule has 0 spiro atoms. The maximum Gasteiger partial charge on any atom is 0.179 e. The number of rotatable bonds is 6. The molecule has 0 saturated carbocycles. The van der Waals surface area contributed by atoms with E-state index in [0.717, 1.165) is 43.8 Å². The predicted octanol–water partition coefficient (Wildman–Crippen LogP) is 3.80. The van der Waals surface area contributed by atoms with Gasteiger partial charge in [0.1, 0.15) is 11.9 Å². The van der Waals surface area contributed by atoms with E-state index < -0.39 is 0 Å². The van der Waals surface area contributed by atoms with Crippen molar-refractivity contribution < 1.29 is 14.2 Å². The lowest BCUT2D eigenvalue weighted by molar-refractivity contribution is 0.0965. The summed E-state index contributed by atoms with van der Waals surface area (Å²) in [5, 5.41) is 0.621. The fourth-order valence-electron chi connectivity index (χ4n) is 3.09. The van der Waals surface area contributed by atoms with Crippen LogP contribution in [0.5, 0.6) is 17.2 Å². The molecule has 0 unspecified atom stereocenters. The van der Waals surface area contributed by atoms with Crippen LogP contribution in [0.2, 0.25) is 5.02 Å². The van der Waals surface area contributed by atoms with E-state index in [0.29, 0.717) is 16.5 Å². The van der Waals surface area contributed by atoms with E-state index in [-0.39, 0.29) is 6.10 Å². The molecule has 0 N–H and O–H groups in total. The van der Waals surface area contributed by atoms with Gasteiger partial charge < -0.3 is 14.2 Å². The molecular weight excluding hydrogens is 340 g/mol. The fourth-order valence-corrected chi connectivity index (χ4v) is 3.38. The maximum atomic E-state index is 6.48. The summed E-state index contributed by atoms with van der Waals surface area (Å²) < 4.78 is 16.7. The molecule has 25 heavy (non-hydrogen) atoms. The second-order valence-corrected chi connectivity index (χ2v) is 6.43. The van der Waals surface area contributed by atoms with Crippen molar-refractivity contribution in [2.45, 2.75) is 25.5 Å². The van der Waals surface area contributed by atoms with Crippen molar-refractivity contribution >= 4 is 11.6 Å². The molecule has 5 nitrogen and oxygen atoms in total. The molecule has 0 radical (unpaired) electrons. The van der Waals surface area contributed by atoms with Crippen molar-refractivity contribution in [3.63, 3.8) is 0 Å². The predicted molar refractivity (Wildman–Crippen MR) is 97.7 cm³/mol. The van der Waals surface area contributed by atoms with Crippen LogP contribution >= 0.6 is 11.6 Å². The van der Waals surface area contributed by atoms with E-state index in [4.69, 9.17) is 25.8 Å². The number of hydrogen-bond donors (Lipinski definition) is 0. The van der Waals surface area contributed by atoms with Crippen LogP contribution in [0.25, 0.3) is 0 Å². The van der Waals surface area contributed by atoms with E-state index in [2.05, 4.69) is 9.88 Å². The third kappa shape index (κ3) is 4.35. The molecule has 134 valence electrons. The highest BCUT2D eigenvalue weighted by molar-refractivity contribution is 6.33. The zero-order valence-corrected chi connectivity index (χ0v) is 15.3. The molecule has 1 aliphatic rings. The third-order valence-electron chi connectivity index (χ3n) is 4.43. The van der Waals surface area contributed by atoms with Crippen molar-refractivity contribution in [3.8, 4) is 17.2 Å². The average molecular weight is 363 g/mol. The summed E-state index contributed by atoms with van der Waals surface area (Å²) in [6.45, 7) is 2.73. The molecule has 1 fully saturated rings. The Bertz CT molecular complexity index is 689. The molecule has 1 aromatic carbocycles. The molecule has 6 heteroatoms. The van der Waals surface area contributed by atoms with Crippen molar-refractivity contribution in [2.24, 2.45) is 0 Å². The third-order valence-corrected chi connectivity index (χ3v) is 4.85. The lowest BCUT2D eigenvalue weighted by Gasteiger charge is -2.32. The van der Waals surface area contributed by atoms with Crippen LogP contribution in [0.3, 0.4) is 0 Å². The first-order valence-electron chi connectivity index (χ1n) is 8.39. The Morgan fingerprint density at radius 3 is 2.60 bits per heavy atom. The molecule has 1 saturated heterocycles. The zero-order valence-electron chi connectivity index (χ0n) is 14.6. The standard InChI is InChI=1S/C19H23ClN2O3/c1-23-17-6-5-14(18(20)19(17)24-2)13-22-10-7-15(8-11-22)25-16-4-3-9-21-12-16/h3-6,9,12,15H,7-8,10-11,13H2,1-2H3. The molecule has 2 heterocycles. The minimum absolute atomic E-state index is 0.237. The number of halogens is 1. The molecule has 2 aromatic rings. The van der Waals surface area contributed by atoms with Crippen LogP contribution < -0.4 is 14.2 Å². The molecule has 3 rings (SSSR count). The second-order valence-electron chi connectivity index (χ2n) is 6.06. The van der Waals surface area contributed by atoms with Crippen LogP contribution in [-0.4, -0.2) is 43.3 Å². The second kappa shape index (κ2) is 8.41. The molecule has 0 aliphatic carbocycles. The number of likely N-dealkylation sites (tertiary alicyclic amines) is 1. The van der Waals surface area contributed by atoms with Gasteiger partial charge in [0.2, 0.25) is 0 Å². The topological polar surface area (TPSA) is 43.8 Å². The zero-order chi connectivity index (χ0) is 17.6. The van der Waals surface area contributed by atoms with Gasteiger partial charge in [0.25, 0.3) is 0 Å². The van der Waals surface area contributed by atoms with Gasteiger partial charge in [-0.1, -0.05) is 17.7 Å². The van der Waals surface area contributed by atoms with Crippen LogP contribution in [-0.2, 0) is 6.54 Å². The molecule has 0 bridgehead atoms. The van der Waals surface area contributed by atoms with Gasteiger partial charge in [0.15, 0.2) is 11.5 Å². The first-order valence-corrected chi connectivity index (χ1v) is 8.77. The highest BCUT2D eigenvalue weighted by Crippen LogP contribution is 2.38. The van der Waals surface area contributed by atoms with E-state index in [9.17, 15) is 0 Å². The van der Waals surface area contributed by atoms with Crippen molar-refractivity contribution in [1.82, 2.24) is 9.88 Å². The molecular formula is C19H23ClN2O3. The number of benzene rings is 1. The largest absolute Gasteiger partial charge is 0.493 e. The SMILES string of the molecule is COc1ccc(CN2CCC(Oc3cccnc3)CC2)c(Cl)c1OC. The maximum absolute atomic E-state index is 6.48. The highest BCUT2D eigenvalue weighted by atomic mass is 35.5. The summed E-state index contributed by atoms with van der Waals surface area (Å²) in [4.78, 5) is 6.47. The monoisotopic (exact) mass is 362 g/mol. The molecule has 1 aliphatic heterocycles. The quantitative estimate of drug-likeness (QED) is 0.782. The van der Waals surface area contributed by atoms with Gasteiger partial charge in [0, 0.05) is 25.8 Å². The van der Waals surface area contributed by atoms with Crippen molar-refractivity contribution in [2.75, 3.05) is 27.3 Å². The van der Waals surface area contributed by atoms with Crippen LogP contribution in [0, 0.1) is 0 Å². The minimum atomic E-state index is 0.237. The Morgan fingerprint density at radius 2 is 1.96 bits per heavy atom. The summed E-state index contributed by atoms with van der Waals surface area (Å²) in [6, 6.07) is 7.74. The van der Waals surface area contributed by atoms with E-state index >= 15 is 0 Å². The lowest BCUT2D eigenvalue weighted by atomic mass is 10.1. The number of pyridine rings is 1. The van der Waals surface area contributed by atoms with Gasteiger partial charge in [-0.25, -0.2) is 0 Å². The Morgan fingerprint density at radius 1 is 1.16 bits per heavy atom. The molecule has 1 aromatic heterocycles.